The Morgan fingerprint density at radius 2 is 0.653 bits per heavy atom. The number of thiol groups is 1. The van der Waals surface area contributed by atoms with Gasteiger partial charge in [-0.05, 0) is 32.2 Å². The predicted octanol–water partition coefficient (Wildman–Crippen LogP) is -9.71. The number of aliphatic hydroxyl groups is 16. The van der Waals surface area contributed by atoms with Gasteiger partial charge in [0.25, 0.3) is 0 Å². The Balaban J connectivity index is 0.000000364. The Labute approximate surface area is 700 Å². The first-order chi connectivity index (χ1) is 55.2. The van der Waals surface area contributed by atoms with Crippen LogP contribution in [0.4, 0.5) is 0 Å². The topological polar surface area (TPSA) is 704 Å². The van der Waals surface area contributed by atoms with Crippen molar-refractivity contribution in [3.63, 3.8) is 0 Å². The van der Waals surface area contributed by atoms with Crippen LogP contribution in [-0.2, 0) is 93.2 Å². The number of thioether (sulfide) groups is 1. The highest BCUT2D eigenvalue weighted by Gasteiger charge is 2.57. The van der Waals surface area contributed by atoms with Gasteiger partial charge in [-0.25, -0.2) is 0 Å². The Morgan fingerprint density at radius 1 is 0.432 bits per heavy atom. The minimum atomic E-state index is -1.50. The molecular weight excluding hydrogens is 1640 g/mol. The Bertz CT molecular complexity index is 2910. The lowest BCUT2D eigenvalue weighted by molar-refractivity contribution is -0.344. The third kappa shape index (κ3) is 29.0. The summed E-state index contributed by atoms with van der Waals surface area (Å²) in [5.41, 5.74) is 18.1. The number of amides is 3. The number of nitrogens with two attached hydrogens (primary N) is 3. The van der Waals surface area contributed by atoms with E-state index in [1.807, 2.05) is 18.7 Å². The molecule has 28 N–H and O–H groups in total. The lowest BCUT2D eigenvalue weighted by Crippen LogP contribution is -2.70. The highest BCUT2D eigenvalue weighted by molar-refractivity contribution is 8.06. The van der Waals surface area contributed by atoms with Gasteiger partial charge in [-0.3, -0.25) is 14.4 Å². The average molecular weight is 1770 g/mol. The molecule has 9 aliphatic heterocycles. The molecule has 0 aromatic carbocycles. The Kier molecular flexibility index (Phi) is 46.9. The van der Waals surface area contributed by atoms with Crippen molar-refractivity contribution >= 4 is 54.5 Å². The van der Waals surface area contributed by atoms with Crippen LogP contribution in [0, 0.1) is 22.7 Å². The van der Waals surface area contributed by atoms with Crippen molar-refractivity contribution in [2.75, 3.05) is 71.7 Å². The van der Waals surface area contributed by atoms with Crippen LogP contribution in [0.15, 0.2) is 9.87 Å². The Hall–Kier alpha value is -3.03. The fourth-order valence-electron chi connectivity index (χ4n) is 14.6. The molecule has 0 spiro atoms. The zero-order chi connectivity index (χ0) is 87.9. The highest BCUT2D eigenvalue weighted by Crippen LogP contribution is 2.38. The van der Waals surface area contributed by atoms with Crippen LogP contribution in [0.3, 0.4) is 0 Å². The first-order valence-corrected chi connectivity index (χ1v) is 40.8. The van der Waals surface area contributed by atoms with Gasteiger partial charge in [-0.1, -0.05) is 42.0 Å². The van der Waals surface area contributed by atoms with E-state index >= 15 is 0 Å². The summed E-state index contributed by atoms with van der Waals surface area (Å²) in [6.45, 7) is 15.9. The summed E-state index contributed by atoms with van der Waals surface area (Å²) in [6.07, 6.45) is -32.3. The van der Waals surface area contributed by atoms with Gasteiger partial charge in [0.15, 0.2) is 36.8 Å². The van der Waals surface area contributed by atoms with Crippen molar-refractivity contribution in [3.05, 3.63) is 4.91 Å². The third-order valence-corrected chi connectivity index (χ3v) is 23.0. The second-order valence-electron chi connectivity index (χ2n) is 30.7. The number of aliphatic hydroxyl groups excluding tert-OH is 16. The second-order valence-corrected chi connectivity index (χ2v) is 33.2. The molecule has 0 aliphatic carbocycles. The van der Waals surface area contributed by atoms with E-state index in [1.165, 1.54) is 31.9 Å². The Morgan fingerprint density at radius 3 is 0.873 bits per heavy atom. The maximum absolute atomic E-state index is 11.9. The van der Waals surface area contributed by atoms with E-state index in [1.54, 1.807) is 48.5 Å². The van der Waals surface area contributed by atoms with Crippen LogP contribution in [0.1, 0.15) is 90.5 Å². The highest BCUT2D eigenvalue weighted by atomic mass is 32.2. The van der Waals surface area contributed by atoms with E-state index in [-0.39, 0.29) is 32.4 Å². The molecule has 9 rings (SSSR count). The number of nitrogens with zero attached hydrogens (tertiary/aromatic N) is 2. The molecule has 0 aromatic heterocycles. The van der Waals surface area contributed by atoms with Crippen LogP contribution >= 0.6 is 24.4 Å². The minimum absolute atomic E-state index is 0. The third-order valence-electron chi connectivity index (χ3n) is 21.7. The zero-order valence-corrected chi connectivity index (χ0v) is 70.0. The number of hydrogen-bond acceptors (Lipinski definition) is 44. The van der Waals surface area contributed by atoms with E-state index < -0.39 is 314 Å². The first kappa shape index (κ1) is 107. The molecule has 43 atom stereocenters. The molecule has 0 radical (unpaired) electrons. The molecule has 0 saturated carbocycles. The average Bonchev–Trinajstić information content (AvgIpc) is 0.876. The van der Waals surface area contributed by atoms with Gasteiger partial charge in [0.2, 0.25) is 17.7 Å². The van der Waals surface area contributed by atoms with Gasteiger partial charge in [-0.2, -0.15) is 24.4 Å². The monoisotopic (exact) mass is 1770 g/mol. The molecule has 19 unspecified atom stereocenters. The second kappa shape index (κ2) is 51.6. The summed E-state index contributed by atoms with van der Waals surface area (Å²) in [5.74, 6) is -1.53. The maximum atomic E-state index is 11.9. The van der Waals surface area contributed by atoms with Crippen LogP contribution in [0.5, 0.6) is 0 Å². The van der Waals surface area contributed by atoms with Crippen molar-refractivity contribution in [2.24, 2.45) is 44.8 Å². The van der Waals surface area contributed by atoms with Crippen molar-refractivity contribution in [1.29, 1.82) is 0 Å². The van der Waals surface area contributed by atoms with Crippen LogP contribution in [0.25, 0.3) is 0 Å². The number of rotatable bonds is 29. The minimum Gasteiger partial charge on any atom is -0.394 e. The lowest BCUT2D eigenvalue weighted by atomic mass is 9.89. The number of carbonyl (C=O) groups is 3. The van der Waals surface area contributed by atoms with Gasteiger partial charge in [-0.15, -0.1) is 4.91 Å². The van der Waals surface area contributed by atoms with Crippen molar-refractivity contribution in [2.45, 2.75) is 333 Å². The predicted molar refractivity (Wildman–Crippen MR) is 418 cm³/mol. The quantitative estimate of drug-likeness (QED) is 0.0143. The fraction of sp³-hybridized carbons (Fsp3) is 0.957. The molecule has 9 heterocycles. The first-order valence-electron chi connectivity index (χ1n) is 38.9. The SMILES string of the molecule is C.CC(=O)NC1[C@H](O[C@@H]2C(CO)O[C@@H](C)C(N)[C@H]2O)OC(CO)[C@H](C)[C@@H]1O.CC(=O)NC1[C@H](O[C@@H]2C(CO)O[C@@H](O[C@@H]3C(CO)O[C@@H](C)C(N)[C@H]3O)C(NCC(C)ON=S)[C@H]2O)OC(CO)[C@H](C)[C@@H]1O.CC(=O)NC1[C@H](O[C@@H]2C(CO)O[C@@H](O[C@@H]3C(CO)O[C@@H](C)C(N)[C@H]3O)C(NCC(C)S)[C@H]2O)OC(CO)[C@H](C)[C@@H]1O.CC1CS1.O=NO. The summed E-state index contributed by atoms with van der Waals surface area (Å²) in [4.78, 5) is 48.5. The summed E-state index contributed by atoms with van der Waals surface area (Å²) in [6, 6.07) is -7.64. The number of carbonyl (C=O) groups excluding carboxylic acids is 3. The summed E-state index contributed by atoms with van der Waals surface area (Å²) in [7, 11) is 0. The molecule has 0 aromatic rings. The molecule has 48 heteroatoms. The summed E-state index contributed by atoms with van der Waals surface area (Å²) < 4.78 is 79.9. The van der Waals surface area contributed by atoms with Gasteiger partial charge in [0, 0.05) is 67.9 Å². The molecule has 9 saturated heterocycles. The molecule has 9 aliphatic rings. The van der Waals surface area contributed by atoms with Crippen molar-refractivity contribution in [1.82, 2.24) is 26.6 Å². The van der Waals surface area contributed by atoms with E-state index in [2.05, 4.69) is 63.1 Å². The zero-order valence-electron chi connectivity index (χ0n) is 67.4. The van der Waals surface area contributed by atoms with E-state index in [0.29, 0.717) is 0 Å². The maximum Gasteiger partial charge on any atom is 0.217 e. The molecule has 45 nitrogen and oxygen atoms in total. The molecule has 9 fully saturated rings. The molecule has 692 valence electrons. The summed E-state index contributed by atoms with van der Waals surface area (Å²) in [5, 5.41) is 189. The smallest absolute Gasteiger partial charge is 0.217 e. The van der Waals surface area contributed by atoms with Crippen LogP contribution in [0.2, 0.25) is 0 Å². The molecule has 0 bridgehead atoms. The van der Waals surface area contributed by atoms with Crippen LogP contribution in [-0.4, -0.2) is 419 Å². The molecule has 3 amide bonds. The van der Waals surface area contributed by atoms with Gasteiger partial charge in [0.05, 0.1) is 150 Å². The normalized spacial score (nSPS) is 44.0. The van der Waals surface area contributed by atoms with E-state index in [9.17, 15) is 96.1 Å². The van der Waals surface area contributed by atoms with E-state index in [0.717, 1.165) is 5.25 Å². The number of nitrogens with one attached hydrogen (secondary N) is 5. The number of hydrogen-bond donors (Lipinski definition) is 26. The van der Waals surface area contributed by atoms with Crippen molar-refractivity contribution < 1.29 is 168 Å². The van der Waals surface area contributed by atoms with E-state index in [4.69, 9.17) is 93.7 Å². The van der Waals surface area contributed by atoms with Gasteiger partial charge >= 0.3 is 0 Å². The largest absolute Gasteiger partial charge is 0.394 e. The number of ether oxygens (including phenoxy) is 13. The summed E-state index contributed by atoms with van der Waals surface area (Å²) >= 11 is 10.9. The lowest BCUT2D eigenvalue weighted by Gasteiger charge is -2.50. The van der Waals surface area contributed by atoms with Gasteiger partial charge < -0.3 is 197 Å². The molecule has 118 heavy (non-hydrogen) atoms. The van der Waals surface area contributed by atoms with Gasteiger partial charge in [0.1, 0.15) is 116 Å². The van der Waals surface area contributed by atoms with Crippen molar-refractivity contribution in [3.8, 4) is 0 Å². The molecular formula is C70H134N10O35S3. The fourth-order valence-corrected chi connectivity index (χ4v) is 15.0. The standard InChI is InChI=1S/C25H46N4O13S.C25H47N3O12S.C16H30N2O8.C3H6S.CH4.HNO2/c1-9(42-29-43)5-27-17-21(36)23(41-25-18(28-12(4)33)19(34)10(2)13(6-30)38-25)15(8-32)39-24(17)40-22-14(7-31)37-11(3)16(26)20(22)35;1-9(41)5-27-17-21(35)23(40-25-18(28-12(4)32)19(33)10(2)13(6-29)37-25)15(8-31)38-24(17)39-22-14(7-30)36-11(3)16(26)20(22)34;1-6-9(4-19)25-16(12(13(6)22)18-8(3)21)26-15-10(5-20)24-7(2)11(17)14(15)23;1-3-2-4-3;;2-1-3/h9-11,13-25,27,30-32,34-36H,5-8,26H2,1-4H3,(H,28,33);9-11,13-25,27,29-31,33-35,41H,5-8,26H2,1-4H3,(H,28,32);6-7,9-16,19-20,22-23H,4-5,17H2,1-3H3,(H,18,21);3H,2H2,1H3;1H4;(H,2,3)/t2*9?,10-,11-,13?,14?,15?,16?,17?,18?,19-,20+,21+,22+,23+,24-,25-;6-,7-,9?,10?,11?,12?,13-,14+,15+,16-;;;/m000.../s1. The van der Waals surface area contributed by atoms with Crippen LogP contribution < -0.4 is 43.8 Å².